The lowest BCUT2D eigenvalue weighted by Crippen LogP contribution is -2.23. The van der Waals surface area contributed by atoms with Crippen LogP contribution in [0.15, 0.2) is 36.4 Å². The number of hydrogen-bond donors (Lipinski definition) is 2. The van der Waals surface area contributed by atoms with Gasteiger partial charge in [-0.05, 0) is 31.2 Å². The molecule has 0 spiro atoms. The number of fused-ring (bicyclic) bond motifs is 1. The molecule has 3 rings (SSSR count). The largest absolute Gasteiger partial charge is 0.486 e. The minimum atomic E-state index is -0.393. The van der Waals surface area contributed by atoms with Crippen LogP contribution in [0.25, 0.3) is 0 Å². The Balaban J connectivity index is 1.81. The topological polar surface area (TPSA) is 76.7 Å². The zero-order valence-corrected chi connectivity index (χ0v) is 14.4. The molecule has 2 amide bonds. The van der Waals surface area contributed by atoms with Crippen molar-refractivity contribution in [1.82, 2.24) is 5.32 Å². The third-order valence-electron chi connectivity index (χ3n) is 3.60. The van der Waals surface area contributed by atoms with Gasteiger partial charge in [-0.2, -0.15) is 0 Å². The predicted molar refractivity (Wildman–Crippen MR) is 94.8 cm³/mol. The molecule has 2 aromatic rings. The number of halogens is 1. The van der Waals surface area contributed by atoms with Crippen LogP contribution < -0.4 is 20.1 Å². The smallest absolute Gasteiger partial charge is 0.257 e. The number of anilines is 1. The van der Waals surface area contributed by atoms with Gasteiger partial charge in [0.05, 0.1) is 10.6 Å². The molecule has 130 valence electrons. The Kier molecular flexibility index (Phi) is 5.09. The van der Waals surface area contributed by atoms with E-state index in [1.165, 1.54) is 0 Å². The summed E-state index contributed by atoms with van der Waals surface area (Å²) < 4.78 is 10.9. The van der Waals surface area contributed by atoms with Crippen LogP contribution >= 0.6 is 11.6 Å². The van der Waals surface area contributed by atoms with E-state index >= 15 is 0 Å². The summed E-state index contributed by atoms with van der Waals surface area (Å²) in [6, 6.07) is 9.81. The molecule has 1 aliphatic rings. The molecule has 0 saturated heterocycles. The molecule has 6 nitrogen and oxygen atoms in total. The van der Waals surface area contributed by atoms with E-state index in [1.54, 1.807) is 36.4 Å². The molecule has 0 bridgehead atoms. The van der Waals surface area contributed by atoms with E-state index in [-0.39, 0.29) is 16.5 Å². The Bertz CT molecular complexity index is 823. The van der Waals surface area contributed by atoms with Crippen molar-refractivity contribution in [1.29, 1.82) is 0 Å². The Labute approximate surface area is 150 Å². The Morgan fingerprint density at radius 1 is 1.08 bits per heavy atom. The van der Waals surface area contributed by atoms with Gasteiger partial charge in [0.2, 0.25) is 0 Å². The van der Waals surface area contributed by atoms with Crippen LogP contribution in [0, 0.1) is 0 Å². The normalized spacial score (nSPS) is 12.4. The summed E-state index contributed by atoms with van der Waals surface area (Å²) in [5.41, 5.74) is 1.24. The second-order valence-corrected chi connectivity index (χ2v) is 5.78. The molecule has 1 aliphatic heterocycles. The number of rotatable bonds is 4. The summed E-state index contributed by atoms with van der Waals surface area (Å²) in [4.78, 5) is 24.4. The van der Waals surface area contributed by atoms with Gasteiger partial charge in [0.15, 0.2) is 11.5 Å². The molecule has 0 radical (unpaired) electrons. The summed E-state index contributed by atoms with van der Waals surface area (Å²) in [7, 11) is 0. The Morgan fingerprint density at radius 2 is 1.80 bits per heavy atom. The van der Waals surface area contributed by atoms with Gasteiger partial charge in [0, 0.05) is 23.9 Å². The van der Waals surface area contributed by atoms with E-state index in [4.69, 9.17) is 21.1 Å². The molecular weight excluding hydrogens is 344 g/mol. The molecule has 7 heteroatoms. The maximum absolute atomic E-state index is 12.5. The maximum atomic E-state index is 12.5. The zero-order valence-electron chi connectivity index (χ0n) is 13.6. The fraction of sp³-hybridized carbons (Fsp3) is 0.222. The maximum Gasteiger partial charge on any atom is 0.257 e. The molecular formula is C18H17ClN2O4. The van der Waals surface area contributed by atoms with Gasteiger partial charge in [-0.15, -0.1) is 0 Å². The van der Waals surface area contributed by atoms with Crippen molar-refractivity contribution < 1.29 is 19.1 Å². The molecule has 0 unspecified atom stereocenters. The van der Waals surface area contributed by atoms with Gasteiger partial charge in [0.25, 0.3) is 11.8 Å². The van der Waals surface area contributed by atoms with Gasteiger partial charge in [-0.3, -0.25) is 9.59 Å². The first-order valence-electron chi connectivity index (χ1n) is 7.87. The Morgan fingerprint density at radius 3 is 2.52 bits per heavy atom. The summed E-state index contributed by atoms with van der Waals surface area (Å²) >= 11 is 6.18. The van der Waals surface area contributed by atoms with E-state index in [2.05, 4.69) is 10.6 Å². The van der Waals surface area contributed by atoms with Crippen LogP contribution in [0.3, 0.4) is 0 Å². The van der Waals surface area contributed by atoms with Gasteiger partial charge in [-0.1, -0.05) is 17.7 Å². The highest BCUT2D eigenvalue weighted by Crippen LogP contribution is 2.35. The molecule has 25 heavy (non-hydrogen) atoms. The number of amides is 2. The first-order chi connectivity index (χ1) is 12.1. The summed E-state index contributed by atoms with van der Waals surface area (Å²) in [5.74, 6) is 0.411. The van der Waals surface area contributed by atoms with Gasteiger partial charge in [-0.25, -0.2) is 0 Å². The van der Waals surface area contributed by atoms with E-state index in [9.17, 15) is 9.59 Å². The molecule has 0 aromatic heterocycles. The minimum absolute atomic E-state index is 0.198. The quantitative estimate of drug-likeness (QED) is 0.878. The molecule has 0 atom stereocenters. The Hall–Kier alpha value is -2.73. The first-order valence-corrected chi connectivity index (χ1v) is 8.25. The molecule has 0 saturated carbocycles. The van der Waals surface area contributed by atoms with Crippen LogP contribution in [0.1, 0.15) is 27.6 Å². The first kappa shape index (κ1) is 17.1. The molecule has 1 heterocycles. The SMILES string of the molecule is CCNC(=O)c1cccc(NC(=O)c2cc3c(cc2Cl)OCCO3)c1. The van der Waals surface area contributed by atoms with Crippen molar-refractivity contribution in [2.75, 3.05) is 25.1 Å². The molecule has 2 aromatic carbocycles. The highest BCUT2D eigenvalue weighted by atomic mass is 35.5. The van der Waals surface area contributed by atoms with Crippen molar-refractivity contribution in [3.63, 3.8) is 0 Å². The standard InChI is InChI=1S/C18H17ClN2O4/c1-2-20-17(22)11-4-3-5-12(8-11)21-18(23)13-9-15-16(10-14(13)19)25-7-6-24-15/h3-5,8-10H,2,6-7H2,1H3,(H,20,22)(H,21,23). The van der Waals surface area contributed by atoms with Crippen molar-refractivity contribution >= 4 is 29.1 Å². The van der Waals surface area contributed by atoms with Crippen molar-refractivity contribution in [3.8, 4) is 11.5 Å². The highest BCUT2D eigenvalue weighted by Gasteiger charge is 2.19. The molecule has 0 aliphatic carbocycles. The average molecular weight is 361 g/mol. The van der Waals surface area contributed by atoms with E-state index < -0.39 is 5.91 Å². The lowest BCUT2D eigenvalue weighted by molar-refractivity contribution is 0.0954. The van der Waals surface area contributed by atoms with Crippen molar-refractivity contribution in [2.45, 2.75) is 6.92 Å². The van der Waals surface area contributed by atoms with E-state index in [1.807, 2.05) is 6.92 Å². The number of hydrogen-bond acceptors (Lipinski definition) is 4. The number of benzene rings is 2. The van der Waals surface area contributed by atoms with Crippen LogP contribution in [-0.2, 0) is 0 Å². The van der Waals surface area contributed by atoms with Crippen LogP contribution in [0.5, 0.6) is 11.5 Å². The van der Waals surface area contributed by atoms with Crippen molar-refractivity contribution in [2.24, 2.45) is 0 Å². The van der Waals surface area contributed by atoms with E-state index in [0.29, 0.717) is 42.5 Å². The fourth-order valence-corrected chi connectivity index (χ4v) is 2.68. The van der Waals surface area contributed by atoms with Crippen LogP contribution in [-0.4, -0.2) is 31.6 Å². The van der Waals surface area contributed by atoms with Crippen LogP contribution in [0.2, 0.25) is 5.02 Å². The fourth-order valence-electron chi connectivity index (χ4n) is 2.44. The average Bonchev–Trinajstić information content (AvgIpc) is 2.61. The number of nitrogens with one attached hydrogen (secondary N) is 2. The lowest BCUT2D eigenvalue weighted by Gasteiger charge is -2.19. The zero-order chi connectivity index (χ0) is 17.8. The van der Waals surface area contributed by atoms with Crippen LogP contribution in [0.4, 0.5) is 5.69 Å². The third kappa shape index (κ3) is 3.85. The van der Waals surface area contributed by atoms with Gasteiger partial charge < -0.3 is 20.1 Å². The van der Waals surface area contributed by atoms with Gasteiger partial charge >= 0.3 is 0 Å². The molecule has 2 N–H and O–H groups in total. The summed E-state index contributed by atoms with van der Waals surface area (Å²) in [5, 5.41) is 5.72. The van der Waals surface area contributed by atoms with Crippen molar-refractivity contribution in [3.05, 3.63) is 52.5 Å². The number of carbonyl (C=O) groups is 2. The summed E-state index contributed by atoms with van der Waals surface area (Å²) in [6.45, 7) is 3.24. The molecule has 0 fully saturated rings. The third-order valence-corrected chi connectivity index (χ3v) is 3.91. The highest BCUT2D eigenvalue weighted by molar-refractivity contribution is 6.34. The number of ether oxygens (including phenoxy) is 2. The van der Waals surface area contributed by atoms with Gasteiger partial charge in [0.1, 0.15) is 13.2 Å². The number of carbonyl (C=O) groups excluding carboxylic acids is 2. The lowest BCUT2D eigenvalue weighted by atomic mass is 10.1. The second-order valence-electron chi connectivity index (χ2n) is 5.37. The second kappa shape index (κ2) is 7.44. The predicted octanol–water partition coefficient (Wildman–Crippen LogP) is 3.11. The summed E-state index contributed by atoms with van der Waals surface area (Å²) in [6.07, 6.45) is 0. The van der Waals surface area contributed by atoms with E-state index in [0.717, 1.165) is 0 Å². The minimum Gasteiger partial charge on any atom is -0.486 e. The monoisotopic (exact) mass is 360 g/mol.